The van der Waals surface area contributed by atoms with E-state index < -0.39 is 6.04 Å². The highest BCUT2D eigenvalue weighted by molar-refractivity contribution is 6.05. The van der Waals surface area contributed by atoms with Gasteiger partial charge in [0.2, 0.25) is 0 Å². The van der Waals surface area contributed by atoms with Gasteiger partial charge in [0, 0.05) is 11.3 Å². The third kappa shape index (κ3) is 3.53. The number of H-pyrrole nitrogens is 2. The maximum absolute atomic E-state index is 13.0. The normalized spacial score (nSPS) is 12.5. The molecule has 0 radical (unpaired) electrons. The smallest absolute Gasteiger partial charge is 0.258 e. The number of ketones is 2. The van der Waals surface area contributed by atoms with Crippen molar-refractivity contribution < 1.29 is 9.59 Å². The Morgan fingerprint density at radius 3 is 2.50 bits per heavy atom. The van der Waals surface area contributed by atoms with Crippen molar-refractivity contribution in [3.63, 3.8) is 0 Å². The Kier molecular flexibility index (Phi) is 5.29. The molecule has 0 bridgehead atoms. The summed E-state index contributed by atoms with van der Waals surface area (Å²) in [6.45, 7) is 7.17. The molecule has 0 aliphatic heterocycles. The van der Waals surface area contributed by atoms with E-state index in [1.807, 2.05) is 11.0 Å². The van der Waals surface area contributed by atoms with Crippen molar-refractivity contribution in [2.24, 2.45) is 0 Å². The van der Waals surface area contributed by atoms with Crippen LogP contribution in [-0.2, 0) is 6.54 Å². The van der Waals surface area contributed by atoms with Crippen molar-refractivity contribution in [1.29, 1.82) is 0 Å². The zero-order valence-electron chi connectivity index (χ0n) is 16.7. The molecule has 0 aliphatic carbocycles. The first kappa shape index (κ1) is 19.7. The lowest BCUT2D eigenvalue weighted by Gasteiger charge is -2.23. The number of para-hydroxylation sites is 1. The fourth-order valence-electron chi connectivity index (χ4n) is 3.52. The summed E-state index contributed by atoms with van der Waals surface area (Å²) in [7, 11) is 1.80. The van der Waals surface area contributed by atoms with Gasteiger partial charge in [0.1, 0.15) is 5.82 Å². The molecule has 0 aliphatic rings. The summed E-state index contributed by atoms with van der Waals surface area (Å²) in [5.41, 5.74) is 2.81. The van der Waals surface area contributed by atoms with Gasteiger partial charge in [-0.2, -0.15) is 0 Å². The molecule has 7 heteroatoms. The van der Waals surface area contributed by atoms with Gasteiger partial charge < -0.3 is 9.97 Å². The molecule has 146 valence electrons. The highest BCUT2D eigenvalue weighted by Crippen LogP contribution is 2.21. The van der Waals surface area contributed by atoms with Crippen LogP contribution in [0.15, 0.2) is 29.1 Å². The number of carbonyl (C=O) groups excluding carboxylic acids is 2. The van der Waals surface area contributed by atoms with E-state index >= 15 is 0 Å². The maximum Gasteiger partial charge on any atom is 0.258 e. The summed E-state index contributed by atoms with van der Waals surface area (Å²) >= 11 is 0. The molecule has 1 atom stereocenters. The van der Waals surface area contributed by atoms with Crippen molar-refractivity contribution in [3.8, 4) is 0 Å². The van der Waals surface area contributed by atoms with Gasteiger partial charge in [0.15, 0.2) is 11.6 Å². The third-order valence-electron chi connectivity index (χ3n) is 5.14. The van der Waals surface area contributed by atoms with E-state index in [-0.39, 0.29) is 17.1 Å². The molecule has 0 unspecified atom stereocenters. The minimum atomic E-state index is -0.465. The van der Waals surface area contributed by atoms with E-state index in [4.69, 9.17) is 0 Å². The number of aryl methyl sites for hydroxylation is 1. The van der Waals surface area contributed by atoms with Gasteiger partial charge in [0.05, 0.1) is 29.2 Å². The number of Topliss-reactive ketones (excluding diaryl/α,β-unsaturated/α-hetero) is 2. The van der Waals surface area contributed by atoms with Crippen LogP contribution >= 0.6 is 0 Å². The van der Waals surface area contributed by atoms with E-state index in [1.165, 1.54) is 6.92 Å². The predicted molar refractivity (Wildman–Crippen MR) is 108 cm³/mol. The van der Waals surface area contributed by atoms with Gasteiger partial charge in [-0.15, -0.1) is 0 Å². The molecule has 3 rings (SSSR count). The van der Waals surface area contributed by atoms with Crippen LogP contribution in [0.1, 0.15) is 51.8 Å². The SMILES string of the molecule is CC(=O)c1c(C)[nH]c(C(=O)[C@@H](C)N(C)Cc2nc3ccccc3c(=O)[nH]2)c1C. The number of benzene rings is 1. The lowest BCUT2D eigenvalue weighted by molar-refractivity contribution is 0.0854. The van der Waals surface area contributed by atoms with Crippen LogP contribution in [0.5, 0.6) is 0 Å². The Balaban J connectivity index is 1.84. The second-order valence-electron chi connectivity index (χ2n) is 7.17. The molecule has 2 aromatic heterocycles. The Bertz CT molecular complexity index is 1130. The Morgan fingerprint density at radius 2 is 1.86 bits per heavy atom. The number of carbonyl (C=O) groups is 2. The number of hydrogen-bond acceptors (Lipinski definition) is 5. The monoisotopic (exact) mass is 380 g/mol. The average Bonchev–Trinajstić information content (AvgIpc) is 2.94. The first-order chi connectivity index (χ1) is 13.2. The van der Waals surface area contributed by atoms with E-state index in [0.29, 0.717) is 45.8 Å². The maximum atomic E-state index is 13.0. The van der Waals surface area contributed by atoms with Crippen LogP contribution < -0.4 is 5.56 Å². The van der Waals surface area contributed by atoms with Crippen molar-refractivity contribution in [1.82, 2.24) is 19.9 Å². The highest BCUT2D eigenvalue weighted by atomic mass is 16.1. The molecular formula is C21H24N4O3. The zero-order chi connectivity index (χ0) is 20.6. The molecule has 0 amide bonds. The van der Waals surface area contributed by atoms with Crippen molar-refractivity contribution >= 4 is 22.5 Å². The van der Waals surface area contributed by atoms with Crippen LogP contribution in [0.4, 0.5) is 0 Å². The fraction of sp³-hybridized carbons (Fsp3) is 0.333. The standard InChI is InChI=1S/C21H24N4O3/c1-11-18(14(4)26)12(2)22-19(11)20(27)13(3)25(5)10-17-23-16-9-7-6-8-15(16)21(28)24-17/h6-9,13,22H,10H2,1-5H3,(H,23,24,28)/t13-/m1/s1. The van der Waals surface area contributed by atoms with Gasteiger partial charge in [-0.3, -0.25) is 19.3 Å². The van der Waals surface area contributed by atoms with Gasteiger partial charge in [-0.05, 0) is 52.4 Å². The van der Waals surface area contributed by atoms with Crippen LogP contribution in [0.25, 0.3) is 10.9 Å². The van der Waals surface area contributed by atoms with E-state index in [2.05, 4.69) is 15.0 Å². The summed E-state index contributed by atoms with van der Waals surface area (Å²) in [5.74, 6) is 0.317. The molecule has 3 aromatic rings. The van der Waals surface area contributed by atoms with Gasteiger partial charge in [-0.25, -0.2) is 4.98 Å². The van der Waals surface area contributed by atoms with Crippen molar-refractivity contribution in [3.05, 3.63) is 63.0 Å². The number of hydrogen-bond donors (Lipinski definition) is 2. The fourth-order valence-corrected chi connectivity index (χ4v) is 3.52. The first-order valence-electron chi connectivity index (χ1n) is 9.13. The highest BCUT2D eigenvalue weighted by Gasteiger charge is 2.26. The molecule has 1 aromatic carbocycles. The molecule has 0 spiro atoms. The molecule has 2 N–H and O–H groups in total. The molecule has 0 saturated heterocycles. The largest absolute Gasteiger partial charge is 0.355 e. The summed E-state index contributed by atoms with van der Waals surface area (Å²) in [6.07, 6.45) is 0. The molecule has 0 saturated carbocycles. The second kappa shape index (κ2) is 7.52. The topological polar surface area (TPSA) is 98.9 Å². The molecule has 0 fully saturated rings. The summed E-state index contributed by atoms with van der Waals surface area (Å²) in [6, 6.07) is 6.67. The number of aromatic amines is 2. The Labute approximate surface area is 162 Å². The molecule has 7 nitrogen and oxygen atoms in total. The lowest BCUT2D eigenvalue weighted by Crippen LogP contribution is -2.37. The molecule has 2 heterocycles. The van der Waals surface area contributed by atoms with Crippen LogP contribution in [0.3, 0.4) is 0 Å². The summed E-state index contributed by atoms with van der Waals surface area (Å²) in [4.78, 5) is 49.2. The average molecular weight is 380 g/mol. The second-order valence-corrected chi connectivity index (χ2v) is 7.17. The van der Waals surface area contributed by atoms with Crippen LogP contribution in [0.2, 0.25) is 0 Å². The number of fused-ring (bicyclic) bond motifs is 1. The lowest BCUT2D eigenvalue weighted by atomic mass is 10.0. The number of likely N-dealkylation sites (N-methyl/N-ethyl adjacent to an activating group) is 1. The van der Waals surface area contributed by atoms with E-state index in [1.54, 1.807) is 46.0 Å². The number of aromatic nitrogens is 3. The minimum absolute atomic E-state index is 0.0655. The van der Waals surface area contributed by atoms with Crippen molar-refractivity contribution in [2.45, 2.75) is 40.3 Å². The van der Waals surface area contributed by atoms with Gasteiger partial charge in [-0.1, -0.05) is 12.1 Å². The zero-order valence-corrected chi connectivity index (χ0v) is 16.7. The minimum Gasteiger partial charge on any atom is -0.355 e. The van der Waals surface area contributed by atoms with Crippen LogP contribution in [-0.4, -0.2) is 44.5 Å². The summed E-state index contributed by atoms with van der Waals surface area (Å²) in [5, 5.41) is 0.535. The Morgan fingerprint density at radius 1 is 1.18 bits per heavy atom. The quantitative estimate of drug-likeness (QED) is 0.641. The number of nitrogens with one attached hydrogen (secondary N) is 2. The van der Waals surface area contributed by atoms with E-state index in [0.717, 1.165) is 0 Å². The molecule has 28 heavy (non-hydrogen) atoms. The van der Waals surface area contributed by atoms with Crippen LogP contribution in [0, 0.1) is 13.8 Å². The van der Waals surface area contributed by atoms with Gasteiger partial charge in [0.25, 0.3) is 5.56 Å². The molecular weight excluding hydrogens is 356 g/mol. The Hall–Kier alpha value is -3.06. The van der Waals surface area contributed by atoms with E-state index in [9.17, 15) is 14.4 Å². The van der Waals surface area contributed by atoms with Gasteiger partial charge >= 0.3 is 0 Å². The predicted octanol–water partition coefficient (Wildman–Crippen LogP) is 2.77. The first-order valence-corrected chi connectivity index (χ1v) is 9.13. The van der Waals surface area contributed by atoms with Crippen molar-refractivity contribution in [2.75, 3.05) is 7.05 Å². The number of rotatable bonds is 6. The summed E-state index contributed by atoms with van der Waals surface area (Å²) < 4.78 is 0. The number of nitrogens with zero attached hydrogens (tertiary/aromatic N) is 2. The third-order valence-corrected chi connectivity index (χ3v) is 5.14.